The number of hydrogen-bond donors (Lipinski definition) is 6. The fraction of sp³-hybridized carbons (Fsp3) is 0.318. The van der Waals surface area contributed by atoms with Gasteiger partial charge in [-0.15, -0.1) is 0 Å². The first-order valence-electron chi connectivity index (χ1n) is 9.89. The van der Waals surface area contributed by atoms with Gasteiger partial charge >= 0.3 is 0 Å². The van der Waals surface area contributed by atoms with Crippen LogP contribution in [0.15, 0.2) is 45.6 Å². The molecule has 0 spiro atoms. The summed E-state index contributed by atoms with van der Waals surface area (Å²) in [5.41, 5.74) is -0.744. The normalized spacial score (nSPS) is 25.3. The van der Waals surface area contributed by atoms with Crippen LogP contribution in [-0.4, -0.2) is 75.1 Å². The van der Waals surface area contributed by atoms with Crippen LogP contribution in [0.2, 0.25) is 0 Å². The van der Waals surface area contributed by atoms with Crippen molar-refractivity contribution in [2.45, 2.75) is 30.7 Å². The van der Waals surface area contributed by atoms with Gasteiger partial charge in [0.25, 0.3) is 0 Å². The summed E-state index contributed by atoms with van der Waals surface area (Å²) in [6.45, 7) is -0.519. The average molecular weight is 462 g/mol. The Labute approximate surface area is 186 Å². The summed E-state index contributed by atoms with van der Waals surface area (Å²) < 4.78 is 21.8. The number of phenols is 2. The predicted octanol–water partition coefficient (Wildman–Crippen LogP) is 0.410. The highest BCUT2D eigenvalue weighted by Gasteiger charge is 2.45. The van der Waals surface area contributed by atoms with Crippen LogP contribution in [0.3, 0.4) is 0 Å². The van der Waals surface area contributed by atoms with Gasteiger partial charge in [-0.25, -0.2) is 0 Å². The Kier molecular flexibility index (Phi) is 6.15. The number of benzene rings is 2. The molecule has 1 aromatic heterocycles. The van der Waals surface area contributed by atoms with E-state index in [0.29, 0.717) is 5.56 Å². The number of phenolic OH excluding ortho intramolecular Hbond substituents is 2. The van der Waals surface area contributed by atoms with Crippen molar-refractivity contribution >= 4 is 11.0 Å². The summed E-state index contributed by atoms with van der Waals surface area (Å²) >= 11 is 0. The lowest BCUT2D eigenvalue weighted by atomic mass is 9.99. The highest BCUT2D eigenvalue weighted by molar-refractivity contribution is 5.88. The number of hydrogen-bond acceptors (Lipinski definition) is 11. The molecule has 6 N–H and O–H groups in total. The molecular weight excluding hydrogens is 440 g/mol. The average Bonchev–Trinajstić information content (AvgIpc) is 2.79. The number of aliphatic hydroxyl groups excluding tert-OH is 3. The molecule has 1 fully saturated rings. The number of rotatable bonds is 5. The van der Waals surface area contributed by atoms with Crippen molar-refractivity contribution in [2.24, 2.45) is 0 Å². The summed E-state index contributed by atoms with van der Waals surface area (Å²) in [7, 11) is 1.29. The summed E-state index contributed by atoms with van der Waals surface area (Å²) in [5, 5.41) is 59.9. The first kappa shape index (κ1) is 22.8. The van der Waals surface area contributed by atoms with E-state index in [1.807, 2.05) is 0 Å². The molecule has 11 nitrogen and oxygen atoms in total. The molecule has 4 rings (SSSR count). The largest absolute Gasteiger partial charge is 0.508 e. The lowest BCUT2D eigenvalue weighted by molar-refractivity contribution is -0.281. The second kappa shape index (κ2) is 8.89. The molecule has 3 aromatic rings. The summed E-state index contributed by atoms with van der Waals surface area (Å²) in [4.78, 5) is 12.7. The number of ether oxygens (including phenoxy) is 3. The fourth-order valence-corrected chi connectivity index (χ4v) is 3.72. The van der Waals surface area contributed by atoms with Crippen molar-refractivity contribution in [3.05, 3.63) is 46.6 Å². The zero-order chi connectivity index (χ0) is 23.9. The SMILES string of the molecule is CO[C@H]1[C@H](O)[C@@H](O)[C@H](Oc2cc(O)c3c(=O)c(O)c(-c4ccc(O)cc4)oc3c2)O[C@@H]1CO. The van der Waals surface area contributed by atoms with Crippen LogP contribution < -0.4 is 10.2 Å². The Hall–Kier alpha value is -3.35. The number of aromatic hydroxyl groups is 3. The second-order valence-electron chi connectivity index (χ2n) is 7.50. The molecule has 0 aliphatic carbocycles. The Morgan fingerprint density at radius 3 is 2.36 bits per heavy atom. The van der Waals surface area contributed by atoms with Crippen LogP contribution in [0, 0.1) is 0 Å². The third-order valence-corrected chi connectivity index (χ3v) is 5.40. The first-order chi connectivity index (χ1) is 15.7. The van der Waals surface area contributed by atoms with Crippen LogP contribution in [0.4, 0.5) is 0 Å². The maximum absolute atomic E-state index is 12.7. The highest BCUT2D eigenvalue weighted by Crippen LogP contribution is 2.36. The monoisotopic (exact) mass is 462 g/mol. The molecule has 1 saturated heterocycles. The standard InChI is InChI=1S/C22H22O11/c1-30-21-14(8-23)33-22(19(29)18(21)28)31-11-6-12(25)15-13(7-11)32-20(17(27)16(15)26)9-2-4-10(24)5-3-9/h2-7,14,18-19,21-25,27-29H,8H2,1H3/t14-,18-,19-,21-,22-/m1/s1. The molecule has 0 saturated carbocycles. The minimum atomic E-state index is -1.56. The minimum absolute atomic E-state index is 0.0279. The van der Waals surface area contributed by atoms with Gasteiger partial charge in [0.05, 0.1) is 6.61 Å². The van der Waals surface area contributed by atoms with Gasteiger partial charge in [-0.1, -0.05) is 0 Å². The summed E-state index contributed by atoms with van der Waals surface area (Å²) in [5.74, 6) is -1.61. The lowest BCUT2D eigenvalue weighted by Crippen LogP contribution is -2.60. The Bertz CT molecular complexity index is 1200. The zero-order valence-electron chi connectivity index (χ0n) is 17.3. The van der Waals surface area contributed by atoms with Crippen LogP contribution in [-0.2, 0) is 9.47 Å². The number of aliphatic hydroxyl groups is 3. The van der Waals surface area contributed by atoms with Gasteiger partial charge in [0, 0.05) is 24.8 Å². The molecular formula is C22H22O11. The Balaban J connectivity index is 1.73. The van der Waals surface area contributed by atoms with Crippen LogP contribution in [0.1, 0.15) is 0 Å². The highest BCUT2D eigenvalue weighted by atomic mass is 16.7. The molecule has 1 aliphatic heterocycles. The van der Waals surface area contributed by atoms with Crippen LogP contribution in [0.5, 0.6) is 23.0 Å². The van der Waals surface area contributed by atoms with Crippen LogP contribution in [0.25, 0.3) is 22.3 Å². The first-order valence-corrected chi connectivity index (χ1v) is 9.89. The van der Waals surface area contributed by atoms with Gasteiger partial charge in [-0.05, 0) is 24.3 Å². The lowest BCUT2D eigenvalue weighted by Gasteiger charge is -2.41. The molecule has 0 radical (unpaired) electrons. The summed E-state index contributed by atoms with van der Waals surface area (Å²) in [6, 6.07) is 7.82. The van der Waals surface area contributed by atoms with E-state index < -0.39 is 54.2 Å². The Morgan fingerprint density at radius 1 is 1.03 bits per heavy atom. The molecule has 0 bridgehead atoms. The molecule has 11 heteroatoms. The fourth-order valence-electron chi connectivity index (χ4n) is 3.72. The third-order valence-electron chi connectivity index (χ3n) is 5.40. The zero-order valence-corrected chi connectivity index (χ0v) is 17.3. The van der Waals surface area contributed by atoms with Gasteiger partial charge in [0.2, 0.25) is 17.5 Å². The molecule has 2 aromatic carbocycles. The van der Waals surface area contributed by atoms with Gasteiger partial charge in [0.15, 0.2) is 5.76 Å². The van der Waals surface area contributed by atoms with Crippen molar-refractivity contribution in [2.75, 3.05) is 13.7 Å². The topological polar surface area (TPSA) is 179 Å². The van der Waals surface area contributed by atoms with Crippen molar-refractivity contribution < 1.29 is 49.3 Å². The van der Waals surface area contributed by atoms with E-state index in [0.717, 1.165) is 6.07 Å². The third kappa shape index (κ3) is 4.08. The van der Waals surface area contributed by atoms with E-state index in [4.69, 9.17) is 18.6 Å². The van der Waals surface area contributed by atoms with E-state index in [1.165, 1.54) is 37.4 Å². The molecule has 0 unspecified atom stereocenters. The molecule has 5 atom stereocenters. The van der Waals surface area contributed by atoms with Gasteiger partial charge < -0.3 is 49.3 Å². The van der Waals surface area contributed by atoms with E-state index in [1.54, 1.807) is 0 Å². The maximum atomic E-state index is 12.7. The van der Waals surface area contributed by atoms with Crippen molar-refractivity contribution in [3.63, 3.8) is 0 Å². The van der Waals surface area contributed by atoms with E-state index in [2.05, 4.69) is 0 Å². The molecule has 2 heterocycles. The Morgan fingerprint density at radius 2 is 1.73 bits per heavy atom. The predicted molar refractivity (Wildman–Crippen MR) is 112 cm³/mol. The maximum Gasteiger partial charge on any atom is 0.238 e. The van der Waals surface area contributed by atoms with Gasteiger partial charge in [0.1, 0.15) is 52.6 Å². The van der Waals surface area contributed by atoms with E-state index >= 15 is 0 Å². The van der Waals surface area contributed by atoms with Crippen molar-refractivity contribution in [1.82, 2.24) is 0 Å². The number of methoxy groups -OCH3 is 1. The van der Waals surface area contributed by atoms with Crippen molar-refractivity contribution in [3.8, 4) is 34.3 Å². The number of fused-ring (bicyclic) bond motifs is 1. The van der Waals surface area contributed by atoms with E-state index in [-0.39, 0.29) is 28.2 Å². The molecule has 1 aliphatic rings. The van der Waals surface area contributed by atoms with Gasteiger partial charge in [-0.2, -0.15) is 0 Å². The van der Waals surface area contributed by atoms with Gasteiger partial charge in [-0.3, -0.25) is 4.79 Å². The molecule has 33 heavy (non-hydrogen) atoms. The minimum Gasteiger partial charge on any atom is -0.508 e. The molecule has 0 amide bonds. The molecule has 176 valence electrons. The second-order valence-corrected chi connectivity index (χ2v) is 7.50. The quantitative estimate of drug-likeness (QED) is 0.309. The van der Waals surface area contributed by atoms with E-state index in [9.17, 15) is 35.4 Å². The van der Waals surface area contributed by atoms with Crippen LogP contribution >= 0.6 is 0 Å². The van der Waals surface area contributed by atoms with Crippen molar-refractivity contribution in [1.29, 1.82) is 0 Å². The smallest absolute Gasteiger partial charge is 0.238 e. The summed E-state index contributed by atoms with van der Waals surface area (Å²) in [6.07, 6.45) is -6.43.